The molecule has 0 radical (unpaired) electrons. The van der Waals surface area contributed by atoms with Gasteiger partial charge in [-0.05, 0) is 25.8 Å². The summed E-state index contributed by atoms with van der Waals surface area (Å²) in [5.74, 6) is 0.515. The summed E-state index contributed by atoms with van der Waals surface area (Å²) in [5, 5.41) is 3.01. The summed E-state index contributed by atoms with van der Waals surface area (Å²) in [6.07, 6.45) is 3.34. The Kier molecular flexibility index (Phi) is 5.13. The number of carbonyl (C=O) groups is 1. The van der Waals surface area contributed by atoms with Crippen molar-refractivity contribution in [1.82, 2.24) is 9.88 Å². The Hall–Kier alpha value is -1.58. The second-order valence-electron chi connectivity index (χ2n) is 5.12. The van der Waals surface area contributed by atoms with Crippen molar-refractivity contribution in [3.63, 3.8) is 0 Å². The van der Waals surface area contributed by atoms with Crippen LogP contribution in [-0.4, -0.2) is 35.4 Å². The van der Waals surface area contributed by atoms with Gasteiger partial charge >= 0.3 is 0 Å². The van der Waals surface area contributed by atoms with Gasteiger partial charge in [-0.3, -0.25) is 9.78 Å². The standard InChI is InChI=1S/C14H23N3O/c1-10(2)9-17(11(3)4)14(18)12-6-7-16-8-13(12)15-5/h6-8,10-11,15H,9H2,1-5H3. The highest BCUT2D eigenvalue weighted by atomic mass is 16.2. The fraction of sp³-hybridized carbons (Fsp3) is 0.571. The van der Waals surface area contributed by atoms with E-state index in [9.17, 15) is 4.79 Å². The largest absolute Gasteiger partial charge is 0.386 e. The Morgan fingerprint density at radius 1 is 1.39 bits per heavy atom. The van der Waals surface area contributed by atoms with Gasteiger partial charge in [-0.1, -0.05) is 13.8 Å². The first kappa shape index (κ1) is 14.5. The third-order valence-corrected chi connectivity index (χ3v) is 2.77. The predicted molar refractivity (Wildman–Crippen MR) is 74.8 cm³/mol. The first-order chi connectivity index (χ1) is 8.47. The van der Waals surface area contributed by atoms with E-state index in [0.717, 1.165) is 12.2 Å². The topological polar surface area (TPSA) is 45.2 Å². The van der Waals surface area contributed by atoms with Gasteiger partial charge in [0.2, 0.25) is 0 Å². The van der Waals surface area contributed by atoms with Gasteiger partial charge in [0, 0.05) is 25.8 Å². The number of rotatable bonds is 5. The summed E-state index contributed by atoms with van der Waals surface area (Å²) >= 11 is 0. The zero-order valence-electron chi connectivity index (χ0n) is 11.9. The molecule has 0 aliphatic carbocycles. The third kappa shape index (κ3) is 3.45. The molecule has 18 heavy (non-hydrogen) atoms. The number of pyridine rings is 1. The molecule has 1 amide bonds. The van der Waals surface area contributed by atoms with Gasteiger partial charge in [0.05, 0.1) is 17.4 Å². The first-order valence-electron chi connectivity index (χ1n) is 6.40. The molecule has 1 heterocycles. The van der Waals surface area contributed by atoms with Crippen LogP contribution in [0.5, 0.6) is 0 Å². The number of nitrogens with one attached hydrogen (secondary N) is 1. The van der Waals surface area contributed by atoms with Crippen LogP contribution in [0.4, 0.5) is 5.69 Å². The number of hydrogen-bond acceptors (Lipinski definition) is 3. The Labute approximate surface area is 109 Å². The average molecular weight is 249 g/mol. The lowest BCUT2D eigenvalue weighted by Gasteiger charge is -2.29. The Balaban J connectivity index is 3.02. The third-order valence-electron chi connectivity index (χ3n) is 2.77. The van der Waals surface area contributed by atoms with Crippen molar-refractivity contribution >= 4 is 11.6 Å². The molecule has 0 saturated carbocycles. The van der Waals surface area contributed by atoms with Crippen LogP contribution in [0, 0.1) is 5.92 Å². The van der Waals surface area contributed by atoms with Crippen LogP contribution in [0.2, 0.25) is 0 Å². The maximum atomic E-state index is 12.6. The van der Waals surface area contributed by atoms with Gasteiger partial charge in [0.15, 0.2) is 0 Å². The zero-order valence-corrected chi connectivity index (χ0v) is 11.9. The van der Waals surface area contributed by atoms with Gasteiger partial charge < -0.3 is 10.2 Å². The van der Waals surface area contributed by atoms with Crippen molar-refractivity contribution in [2.24, 2.45) is 5.92 Å². The molecule has 0 unspecified atom stereocenters. The van der Waals surface area contributed by atoms with Crippen LogP contribution in [0.25, 0.3) is 0 Å². The lowest BCUT2D eigenvalue weighted by Crippen LogP contribution is -2.39. The Morgan fingerprint density at radius 2 is 2.06 bits per heavy atom. The minimum atomic E-state index is 0.0606. The summed E-state index contributed by atoms with van der Waals surface area (Å²) in [6.45, 7) is 9.09. The summed E-state index contributed by atoms with van der Waals surface area (Å²) in [6, 6.07) is 1.96. The second kappa shape index (κ2) is 6.38. The van der Waals surface area contributed by atoms with Crippen molar-refractivity contribution in [2.75, 3.05) is 18.9 Å². The molecule has 0 bridgehead atoms. The van der Waals surface area contributed by atoms with Gasteiger partial charge in [-0.2, -0.15) is 0 Å². The molecule has 4 nitrogen and oxygen atoms in total. The second-order valence-corrected chi connectivity index (χ2v) is 5.12. The zero-order chi connectivity index (χ0) is 13.7. The Morgan fingerprint density at radius 3 is 2.56 bits per heavy atom. The van der Waals surface area contributed by atoms with E-state index in [4.69, 9.17) is 0 Å². The highest BCUT2D eigenvalue weighted by Crippen LogP contribution is 2.17. The lowest BCUT2D eigenvalue weighted by atomic mass is 10.1. The van der Waals surface area contributed by atoms with E-state index in [0.29, 0.717) is 11.5 Å². The van der Waals surface area contributed by atoms with Crippen LogP contribution in [0.15, 0.2) is 18.5 Å². The summed E-state index contributed by atoms with van der Waals surface area (Å²) in [5.41, 5.74) is 1.46. The van der Waals surface area contributed by atoms with Crippen molar-refractivity contribution in [3.05, 3.63) is 24.0 Å². The highest BCUT2D eigenvalue weighted by Gasteiger charge is 2.21. The Bertz CT molecular complexity index is 402. The van der Waals surface area contributed by atoms with E-state index >= 15 is 0 Å². The quantitative estimate of drug-likeness (QED) is 0.872. The van der Waals surface area contributed by atoms with E-state index in [2.05, 4.69) is 24.1 Å². The number of hydrogen-bond donors (Lipinski definition) is 1. The van der Waals surface area contributed by atoms with Crippen LogP contribution in [-0.2, 0) is 0 Å². The number of aromatic nitrogens is 1. The summed E-state index contributed by atoms with van der Waals surface area (Å²) in [4.78, 5) is 18.5. The van der Waals surface area contributed by atoms with E-state index in [1.54, 1.807) is 25.5 Å². The number of amides is 1. The monoisotopic (exact) mass is 249 g/mol. The molecule has 1 aromatic rings. The van der Waals surface area contributed by atoms with Crippen LogP contribution in [0.3, 0.4) is 0 Å². The van der Waals surface area contributed by atoms with Crippen LogP contribution < -0.4 is 5.32 Å². The molecule has 0 aromatic carbocycles. The highest BCUT2D eigenvalue weighted by molar-refractivity contribution is 5.99. The van der Waals surface area contributed by atoms with Crippen molar-refractivity contribution in [1.29, 1.82) is 0 Å². The van der Waals surface area contributed by atoms with E-state index in [-0.39, 0.29) is 11.9 Å². The molecule has 0 spiro atoms. The van der Waals surface area contributed by atoms with Crippen molar-refractivity contribution in [2.45, 2.75) is 33.7 Å². The normalized spacial score (nSPS) is 10.8. The first-order valence-corrected chi connectivity index (χ1v) is 6.40. The SMILES string of the molecule is CNc1cnccc1C(=O)N(CC(C)C)C(C)C. The summed E-state index contributed by atoms with van der Waals surface area (Å²) < 4.78 is 0. The molecule has 0 saturated heterocycles. The summed E-state index contributed by atoms with van der Waals surface area (Å²) in [7, 11) is 1.80. The number of nitrogens with zero attached hydrogens (tertiary/aromatic N) is 2. The average Bonchev–Trinajstić information content (AvgIpc) is 2.34. The lowest BCUT2D eigenvalue weighted by molar-refractivity contribution is 0.0683. The van der Waals surface area contributed by atoms with Crippen LogP contribution >= 0.6 is 0 Å². The van der Waals surface area contributed by atoms with E-state index in [1.165, 1.54) is 0 Å². The molecule has 0 atom stereocenters. The van der Waals surface area contributed by atoms with Gasteiger partial charge in [0.1, 0.15) is 0 Å². The smallest absolute Gasteiger partial charge is 0.256 e. The van der Waals surface area contributed by atoms with Crippen molar-refractivity contribution in [3.8, 4) is 0 Å². The molecule has 1 aromatic heterocycles. The molecular weight excluding hydrogens is 226 g/mol. The van der Waals surface area contributed by atoms with Crippen molar-refractivity contribution < 1.29 is 4.79 Å². The molecule has 4 heteroatoms. The number of carbonyl (C=O) groups excluding carboxylic acids is 1. The maximum Gasteiger partial charge on any atom is 0.256 e. The van der Waals surface area contributed by atoms with Crippen LogP contribution in [0.1, 0.15) is 38.1 Å². The van der Waals surface area contributed by atoms with Gasteiger partial charge in [0.25, 0.3) is 5.91 Å². The van der Waals surface area contributed by atoms with Gasteiger partial charge in [-0.25, -0.2) is 0 Å². The fourth-order valence-electron chi connectivity index (χ4n) is 1.86. The predicted octanol–water partition coefficient (Wildman–Crippen LogP) is 2.63. The maximum absolute atomic E-state index is 12.6. The molecule has 100 valence electrons. The molecule has 1 rings (SSSR count). The molecule has 1 N–H and O–H groups in total. The van der Waals surface area contributed by atoms with Gasteiger partial charge in [-0.15, -0.1) is 0 Å². The molecular formula is C14H23N3O. The van der Waals surface area contributed by atoms with E-state index in [1.807, 2.05) is 18.7 Å². The molecule has 0 fully saturated rings. The molecule has 0 aliphatic rings. The minimum absolute atomic E-state index is 0.0606. The number of anilines is 1. The van der Waals surface area contributed by atoms with E-state index < -0.39 is 0 Å². The fourth-order valence-corrected chi connectivity index (χ4v) is 1.86. The molecule has 0 aliphatic heterocycles. The minimum Gasteiger partial charge on any atom is -0.386 e.